The number of halogens is 1. The van der Waals surface area contributed by atoms with Crippen LogP contribution < -0.4 is 5.32 Å². The fourth-order valence-electron chi connectivity index (χ4n) is 2.47. The Morgan fingerprint density at radius 3 is 2.55 bits per heavy atom. The summed E-state index contributed by atoms with van der Waals surface area (Å²) in [6.45, 7) is 5.23. The third-order valence-electron chi connectivity index (χ3n) is 3.70. The minimum atomic E-state index is -0.0305. The van der Waals surface area contributed by atoms with Crippen molar-refractivity contribution in [3.63, 3.8) is 0 Å². The lowest BCUT2D eigenvalue weighted by Gasteiger charge is -2.22. The lowest BCUT2D eigenvalue weighted by Crippen LogP contribution is -2.42. The zero-order chi connectivity index (χ0) is 15.9. The van der Waals surface area contributed by atoms with Crippen LogP contribution >= 0.6 is 15.9 Å². The first kappa shape index (κ1) is 16.8. The van der Waals surface area contributed by atoms with Gasteiger partial charge in [-0.2, -0.15) is 0 Å². The summed E-state index contributed by atoms with van der Waals surface area (Å²) in [4.78, 5) is 28.2. The molecule has 1 heterocycles. The predicted molar refractivity (Wildman–Crippen MR) is 89.9 cm³/mol. The Labute approximate surface area is 139 Å². The molecule has 1 fully saturated rings. The van der Waals surface area contributed by atoms with Crippen molar-refractivity contribution in [3.8, 4) is 0 Å². The van der Waals surface area contributed by atoms with E-state index in [2.05, 4.69) is 21.2 Å². The quantitative estimate of drug-likeness (QED) is 0.892. The molecule has 1 aliphatic rings. The Morgan fingerprint density at radius 1 is 1.14 bits per heavy atom. The molecule has 2 rings (SSSR count). The molecule has 6 heteroatoms. The predicted octanol–water partition coefficient (Wildman–Crippen LogP) is 2.72. The van der Waals surface area contributed by atoms with Crippen molar-refractivity contribution >= 4 is 27.9 Å². The lowest BCUT2D eigenvalue weighted by molar-refractivity contribution is 0.0761. The van der Waals surface area contributed by atoms with E-state index in [0.29, 0.717) is 38.3 Å². The molecule has 0 spiro atoms. The summed E-state index contributed by atoms with van der Waals surface area (Å²) in [5.74, 6) is 0.0169. The van der Waals surface area contributed by atoms with Gasteiger partial charge in [-0.1, -0.05) is 19.1 Å². The molecule has 0 saturated carbocycles. The largest absolute Gasteiger partial charge is 0.338 e. The number of carbonyl (C=O) groups is 2. The van der Waals surface area contributed by atoms with Crippen LogP contribution in [0.4, 0.5) is 4.79 Å². The number of carbonyl (C=O) groups excluding carboxylic acids is 2. The minimum Gasteiger partial charge on any atom is -0.338 e. The average Bonchev–Trinajstić information content (AvgIpc) is 2.78. The van der Waals surface area contributed by atoms with Crippen LogP contribution in [-0.2, 0) is 0 Å². The van der Waals surface area contributed by atoms with Crippen LogP contribution in [0.3, 0.4) is 0 Å². The van der Waals surface area contributed by atoms with Gasteiger partial charge in [0.25, 0.3) is 5.91 Å². The molecule has 22 heavy (non-hydrogen) atoms. The SMILES string of the molecule is CCCNC(=O)N1CCCN(C(=O)c2ccccc2Br)CC1. The summed E-state index contributed by atoms with van der Waals surface area (Å²) in [6, 6.07) is 7.42. The Balaban J connectivity index is 1.97. The monoisotopic (exact) mass is 367 g/mol. The summed E-state index contributed by atoms with van der Waals surface area (Å²) in [6.07, 6.45) is 1.72. The van der Waals surface area contributed by atoms with Gasteiger partial charge in [0.05, 0.1) is 5.56 Å². The lowest BCUT2D eigenvalue weighted by atomic mass is 10.2. The Kier molecular flexibility index (Phi) is 6.24. The third kappa shape index (κ3) is 4.22. The van der Waals surface area contributed by atoms with Crippen LogP contribution in [0.25, 0.3) is 0 Å². The molecule has 0 atom stereocenters. The number of amides is 3. The number of nitrogens with one attached hydrogen (secondary N) is 1. The number of rotatable bonds is 3. The molecule has 0 radical (unpaired) electrons. The summed E-state index contributed by atoms with van der Waals surface area (Å²) in [7, 11) is 0. The smallest absolute Gasteiger partial charge is 0.317 e. The maximum atomic E-state index is 12.6. The van der Waals surface area contributed by atoms with Crippen molar-refractivity contribution in [1.29, 1.82) is 0 Å². The van der Waals surface area contributed by atoms with E-state index in [1.807, 2.05) is 36.1 Å². The zero-order valence-corrected chi connectivity index (χ0v) is 14.4. The second kappa shape index (κ2) is 8.17. The van der Waals surface area contributed by atoms with Crippen molar-refractivity contribution < 1.29 is 9.59 Å². The molecular formula is C16H22BrN3O2. The highest BCUT2D eigenvalue weighted by Gasteiger charge is 2.23. The van der Waals surface area contributed by atoms with Gasteiger partial charge in [-0.25, -0.2) is 4.79 Å². The Morgan fingerprint density at radius 2 is 1.82 bits per heavy atom. The van der Waals surface area contributed by atoms with Gasteiger partial charge in [-0.05, 0) is 40.9 Å². The Bertz CT molecular complexity index is 536. The van der Waals surface area contributed by atoms with E-state index in [1.54, 1.807) is 4.90 Å². The number of nitrogens with zero attached hydrogens (tertiary/aromatic N) is 2. The zero-order valence-electron chi connectivity index (χ0n) is 12.8. The van der Waals surface area contributed by atoms with Crippen LogP contribution in [0.1, 0.15) is 30.1 Å². The normalized spacial score (nSPS) is 15.4. The summed E-state index contributed by atoms with van der Waals surface area (Å²) in [5, 5.41) is 2.89. The molecule has 1 aromatic rings. The molecule has 0 unspecified atom stereocenters. The van der Waals surface area contributed by atoms with E-state index in [1.165, 1.54) is 0 Å². The highest BCUT2D eigenvalue weighted by molar-refractivity contribution is 9.10. The van der Waals surface area contributed by atoms with E-state index < -0.39 is 0 Å². The average molecular weight is 368 g/mol. The first-order valence-electron chi connectivity index (χ1n) is 7.70. The van der Waals surface area contributed by atoms with Gasteiger partial charge in [-0.15, -0.1) is 0 Å². The second-order valence-electron chi connectivity index (χ2n) is 5.34. The molecule has 1 aromatic carbocycles. The van der Waals surface area contributed by atoms with E-state index in [-0.39, 0.29) is 11.9 Å². The van der Waals surface area contributed by atoms with Gasteiger partial charge < -0.3 is 15.1 Å². The van der Waals surface area contributed by atoms with Crippen molar-refractivity contribution in [2.75, 3.05) is 32.7 Å². The van der Waals surface area contributed by atoms with Crippen LogP contribution in [0.15, 0.2) is 28.7 Å². The van der Waals surface area contributed by atoms with Crippen LogP contribution in [0.2, 0.25) is 0 Å². The molecular weight excluding hydrogens is 346 g/mol. The number of benzene rings is 1. The molecule has 1 N–H and O–H groups in total. The van der Waals surface area contributed by atoms with Gasteiger partial charge in [0, 0.05) is 37.2 Å². The van der Waals surface area contributed by atoms with Crippen molar-refractivity contribution in [2.24, 2.45) is 0 Å². The number of urea groups is 1. The van der Waals surface area contributed by atoms with Crippen LogP contribution in [0, 0.1) is 0 Å². The van der Waals surface area contributed by atoms with Crippen molar-refractivity contribution in [3.05, 3.63) is 34.3 Å². The van der Waals surface area contributed by atoms with Gasteiger partial charge in [0.2, 0.25) is 0 Å². The topological polar surface area (TPSA) is 52.7 Å². The summed E-state index contributed by atoms with van der Waals surface area (Å²) >= 11 is 3.42. The van der Waals surface area contributed by atoms with E-state index in [4.69, 9.17) is 0 Å². The third-order valence-corrected chi connectivity index (χ3v) is 4.39. The van der Waals surface area contributed by atoms with Crippen molar-refractivity contribution in [1.82, 2.24) is 15.1 Å². The molecule has 0 bridgehead atoms. The van der Waals surface area contributed by atoms with E-state index in [0.717, 1.165) is 17.3 Å². The van der Waals surface area contributed by atoms with Gasteiger partial charge in [-0.3, -0.25) is 4.79 Å². The Hall–Kier alpha value is -1.56. The fourth-order valence-corrected chi connectivity index (χ4v) is 2.93. The van der Waals surface area contributed by atoms with Crippen molar-refractivity contribution in [2.45, 2.75) is 19.8 Å². The first-order chi connectivity index (χ1) is 10.6. The van der Waals surface area contributed by atoms with Gasteiger partial charge in [0.1, 0.15) is 0 Å². The molecule has 120 valence electrons. The van der Waals surface area contributed by atoms with Gasteiger partial charge >= 0.3 is 6.03 Å². The first-order valence-corrected chi connectivity index (χ1v) is 8.49. The molecule has 1 aliphatic heterocycles. The number of hydrogen-bond acceptors (Lipinski definition) is 2. The second-order valence-corrected chi connectivity index (χ2v) is 6.20. The summed E-state index contributed by atoms with van der Waals surface area (Å²) < 4.78 is 0.807. The van der Waals surface area contributed by atoms with E-state index in [9.17, 15) is 9.59 Å². The van der Waals surface area contributed by atoms with E-state index >= 15 is 0 Å². The molecule has 5 nitrogen and oxygen atoms in total. The fraction of sp³-hybridized carbons (Fsp3) is 0.500. The standard InChI is InChI=1S/C16H22BrN3O2/c1-2-8-18-16(22)20-10-5-9-19(11-12-20)15(21)13-6-3-4-7-14(13)17/h3-4,6-7H,2,5,8-12H2,1H3,(H,18,22). The molecule has 0 aliphatic carbocycles. The summed E-state index contributed by atoms with van der Waals surface area (Å²) in [5.41, 5.74) is 0.673. The number of hydrogen-bond donors (Lipinski definition) is 1. The molecule has 3 amide bonds. The minimum absolute atomic E-state index is 0.0169. The van der Waals surface area contributed by atoms with Crippen LogP contribution in [0.5, 0.6) is 0 Å². The van der Waals surface area contributed by atoms with Crippen LogP contribution in [-0.4, -0.2) is 54.5 Å². The maximum Gasteiger partial charge on any atom is 0.317 e. The highest BCUT2D eigenvalue weighted by Crippen LogP contribution is 2.18. The maximum absolute atomic E-state index is 12.6. The highest BCUT2D eigenvalue weighted by atomic mass is 79.9. The molecule has 1 saturated heterocycles. The molecule has 0 aromatic heterocycles. The van der Waals surface area contributed by atoms with Gasteiger partial charge in [0.15, 0.2) is 0 Å².